The Bertz CT molecular complexity index is 1040. The minimum Gasteiger partial charge on any atom is -0.493 e. The van der Waals surface area contributed by atoms with Gasteiger partial charge in [0, 0.05) is 5.70 Å². The number of rotatable bonds is 11. The lowest BCUT2D eigenvalue weighted by Gasteiger charge is -2.30. The average molecular weight is 483 g/mol. The number of nitrogens with one attached hydrogen (secondary N) is 2. The Kier molecular flexibility index (Phi) is 9.00. The van der Waals surface area contributed by atoms with Gasteiger partial charge in [-0.2, -0.15) is 0 Å². The van der Waals surface area contributed by atoms with E-state index in [0.717, 1.165) is 18.4 Å². The summed E-state index contributed by atoms with van der Waals surface area (Å²) in [5.41, 5.74) is 2.54. The highest BCUT2D eigenvalue weighted by molar-refractivity contribution is 5.95. The Labute approximate surface area is 206 Å². The summed E-state index contributed by atoms with van der Waals surface area (Å²) in [6.45, 7) is 5.96. The number of ether oxygens (including phenoxy) is 4. The molecule has 0 aliphatic carbocycles. The van der Waals surface area contributed by atoms with Crippen molar-refractivity contribution in [3.63, 3.8) is 0 Å². The topological polar surface area (TPSA) is 95.1 Å². The highest BCUT2D eigenvalue weighted by atomic mass is 16.5. The van der Waals surface area contributed by atoms with Gasteiger partial charge in [0.2, 0.25) is 5.75 Å². The van der Waals surface area contributed by atoms with Crippen LogP contribution in [0.15, 0.2) is 53.7 Å². The summed E-state index contributed by atoms with van der Waals surface area (Å²) < 4.78 is 22.8. The number of methoxy groups -OCH3 is 2. The van der Waals surface area contributed by atoms with Crippen molar-refractivity contribution in [3.8, 4) is 17.2 Å². The number of urea groups is 1. The Morgan fingerprint density at radius 2 is 1.71 bits per heavy atom. The fraction of sp³-hybridized carbons (Fsp3) is 0.407. The highest BCUT2D eigenvalue weighted by Gasteiger charge is 2.35. The van der Waals surface area contributed by atoms with Crippen LogP contribution in [-0.4, -0.2) is 32.3 Å². The number of hydrogen-bond donors (Lipinski definition) is 2. The maximum atomic E-state index is 13.1. The van der Waals surface area contributed by atoms with Gasteiger partial charge in [0.15, 0.2) is 11.5 Å². The Morgan fingerprint density at radius 3 is 2.29 bits per heavy atom. The fourth-order valence-corrected chi connectivity index (χ4v) is 3.88. The van der Waals surface area contributed by atoms with Crippen LogP contribution in [0.1, 0.15) is 57.2 Å². The molecule has 1 atom stereocenters. The van der Waals surface area contributed by atoms with Gasteiger partial charge >= 0.3 is 12.0 Å². The van der Waals surface area contributed by atoms with Crippen molar-refractivity contribution in [1.82, 2.24) is 10.6 Å². The number of carbonyl (C=O) groups is 2. The van der Waals surface area contributed by atoms with E-state index in [1.165, 1.54) is 14.2 Å². The van der Waals surface area contributed by atoms with E-state index in [1.807, 2.05) is 30.3 Å². The first kappa shape index (κ1) is 25.9. The van der Waals surface area contributed by atoms with Gasteiger partial charge in [-0.3, -0.25) is 0 Å². The lowest BCUT2D eigenvalue weighted by molar-refractivity contribution is -0.143. The highest BCUT2D eigenvalue weighted by Crippen LogP contribution is 2.42. The zero-order valence-electron chi connectivity index (χ0n) is 21.0. The van der Waals surface area contributed by atoms with Crippen molar-refractivity contribution in [3.05, 3.63) is 64.9 Å². The van der Waals surface area contributed by atoms with Gasteiger partial charge in [-0.05, 0) is 49.9 Å². The number of esters is 1. The van der Waals surface area contributed by atoms with Crippen LogP contribution in [0, 0.1) is 0 Å². The largest absolute Gasteiger partial charge is 0.493 e. The molecule has 2 N–H and O–H groups in total. The summed E-state index contributed by atoms with van der Waals surface area (Å²) in [5, 5.41) is 5.67. The summed E-state index contributed by atoms with van der Waals surface area (Å²) in [5.74, 6) is 0.805. The molecule has 35 heavy (non-hydrogen) atoms. The van der Waals surface area contributed by atoms with Crippen LogP contribution in [0.25, 0.3) is 0 Å². The summed E-state index contributed by atoms with van der Waals surface area (Å²) in [4.78, 5) is 25.7. The molecule has 0 radical (unpaired) electrons. The van der Waals surface area contributed by atoms with Crippen LogP contribution < -0.4 is 24.8 Å². The molecule has 2 aromatic rings. The zero-order chi connectivity index (χ0) is 25.4. The average Bonchev–Trinajstić information content (AvgIpc) is 2.85. The quantitative estimate of drug-likeness (QED) is 0.436. The van der Waals surface area contributed by atoms with E-state index in [4.69, 9.17) is 18.9 Å². The van der Waals surface area contributed by atoms with Crippen molar-refractivity contribution in [1.29, 1.82) is 0 Å². The van der Waals surface area contributed by atoms with Gasteiger partial charge in [-0.25, -0.2) is 9.59 Å². The van der Waals surface area contributed by atoms with Crippen LogP contribution in [0.5, 0.6) is 17.2 Å². The smallest absolute Gasteiger partial charge is 0.338 e. The third-order valence-electron chi connectivity index (χ3n) is 5.54. The molecule has 0 saturated heterocycles. The van der Waals surface area contributed by atoms with Crippen molar-refractivity contribution in [2.75, 3.05) is 14.2 Å². The monoisotopic (exact) mass is 482 g/mol. The van der Waals surface area contributed by atoms with Crippen molar-refractivity contribution in [2.24, 2.45) is 0 Å². The number of allylic oxidation sites excluding steroid dienone is 1. The molecule has 1 unspecified atom stereocenters. The Hall–Kier alpha value is -3.68. The third kappa shape index (κ3) is 6.47. The van der Waals surface area contributed by atoms with E-state index in [1.54, 1.807) is 26.0 Å². The normalized spacial score (nSPS) is 15.4. The number of benzene rings is 2. The molecule has 2 amide bonds. The Balaban J connectivity index is 2.04. The second-order valence-electron chi connectivity index (χ2n) is 8.51. The number of hydrogen-bond acceptors (Lipinski definition) is 6. The molecule has 3 rings (SSSR count). The molecule has 0 fully saturated rings. The molecule has 0 saturated carbocycles. The molecule has 0 bridgehead atoms. The lowest BCUT2D eigenvalue weighted by Crippen LogP contribution is -2.46. The fourth-order valence-electron chi connectivity index (χ4n) is 3.88. The Morgan fingerprint density at radius 1 is 1.06 bits per heavy atom. The SMILES string of the molecule is CCCCC1=C(C(=O)OC(C)C)C(c2cc(OC)c(OCc3ccccc3)c(OC)c2)NC(=O)N1. The van der Waals surface area contributed by atoms with Crippen LogP contribution in [0.4, 0.5) is 4.79 Å². The van der Waals surface area contributed by atoms with Gasteiger partial charge in [0.05, 0.1) is 31.9 Å². The van der Waals surface area contributed by atoms with E-state index in [2.05, 4.69) is 17.6 Å². The predicted molar refractivity (Wildman–Crippen MR) is 133 cm³/mol. The second kappa shape index (κ2) is 12.1. The molecular formula is C27H34N2O6. The van der Waals surface area contributed by atoms with E-state index < -0.39 is 12.0 Å². The molecule has 0 aromatic heterocycles. The minimum absolute atomic E-state index is 0.307. The third-order valence-corrected chi connectivity index (χ3v) is 5.54. The number of carbonyl (C=O) groups excluding carboxylic acids is 2. The zero-order valence-corrected chi connectivity index (χ0v) is 21.0. The predicted octanol–water partition coefficient (Wildman–Crippen LogP) is 5.03. The molecule has 1 heterocycles. The maximum absolute atomic E-state index is 13.1. The van der Waals surface area contributed by atoms with Gasteiger partial charge in [0.1, 0.15) is 6.61 Å². The summed E-state index contributed by atoms with van der Waals surface area (Å²) >= 11 is 0. The molecular weight excluding hydrogens is 448 g/mol. The second-order valence-corrected chi connectivity index (χ2v) is 8.51. The van der Waals surface area contributed by atoms with Gasteiger partial charge < -0.3 is 29.6 Å². The first-order valence-corrected chi connectivity index (χ1v) is 11.8. The van der Waals surface area contributed by atoms with Crippen LogP contribution in [-0.2, 0) is 16.1 Å². The maximum Gasteiger partial charge on any atom is 0.338 e. The molecule has 2 aromatic carbocycles. The summed E-state index contributed by atoms with van der Waals surface area (Å²) in [6.07, 6.45) is 1.98. The van der Waals surface area contributed by atoms with E-state index in [9.17, 15) is 9.59 Å². The van der Waals surface area contributed by atoms with Gasteiger partial charge in [0.25, 0.3) is 0 Å². The van der Waals surface area contributed by atoms with Crippen molar-refractivity contribution in [2.45, 2.75) is 58.8 Å². The van der Waals surface area contributed by atoms with Crippen molar-refractivity contribution >= 4 is 12.0 Å². The molecule has 1 aliphatic heterocycles. The first-order valence-electron chi connectivity index (χ1n) is 11.8. The van der Waals surface area contributed by atoms with Crippen molar-refractivity contribution < 1.29 is 28.5 Å². The van der Waals surface area contributed by atoms with E-state index in [-0.39, 0.29) is 12.1 Å². The van der Waals surface area contributed by atoms with Crippen LogP contribution in [0.3, 0.4) is 0 Å². The van der Waals surface area contributed by atoms with Gasteiger partial charge in [-0.15, -0.1) is 0 Å². The summed E-state index contributed by atoms with van der Waals surface area (Å²) in [7, 11) is 3.07. The standard InChI is InChI=1S/C27H34N2O6/c1-6-7-13-20-23(26(30)35-17(2)3)24(29-27(31)28-20)19-14-21(32-4)25(22(15-19)33-5)34-16-18-11-9-8-10-12-18/h8-12,14-15,17,24H,6-7,13,16H2,1-5H3,(H2,28,29,31). The lowest BCUT2D eigenvalue weighted by atomic mass is 9.93. The molecule has 188 valence electrons. The number of unbranched alkanes of at least 4 members (excludes halogenated alkanes) is 1. The molecule has 1 aliphatic rings. The molecule has 8 nitrogen and oxygen atoms in total. The van der Waals surface area contributed by atoms with Crippen LogP contribution >= 0.6 is 0 Å². The first-order chi connectivity index (χ1) is 16.9. The van der Waals surface area contributed by atoms with Gasteiger partial charge in [-0.1, -0.05) is 43.7 Å². The summed E-state index contributed by atoms with van der Waals surface area (Å²) in [6, 6.07) is 12.1. The van der Waals surface area contributed by atoms with E-state index in [0.29, 0.717) is 47.1 Å². The van der Waals surface area contributed by atoms with Crippen LogP contribution in [0.2, 0.25) is 0 Å². The minimum atomic E-state index is -0.743. The van der Waals surface area contributed by atoms with E-state index >= 15 is 0 Å². The molecule has 0 spiro atoms. The number of amides is 2. The molecule has 8 heteroatoms.